The van der Waals surface area contributed by atoms with Crippen LogP contribution in [0.2, 0.25) is 0 Å². The van der Waals surface area contributed by atoms with E-state index in [1.54, 1.807) is 6.92 Å². The van der Waals surface area contributed by atoms with Gasteiger partial charge < -0.3 is 24.6 Å². The van der Waals surface area contributed by atoms with Crippen LogP contribution in [0.15, 0.2) is 29.2 Å². The molecular formula is C20H19F2N3O5. The Morgan fingerprint density at radius 1 is 1.30 bits per heavy atom. The predicted molar refractivity (Wildman–Crippen MR) is 100 cm³/mol. The summed E-state index contributed by atoms with van der Waals surface area (Å²) in [5, 5.41) is 12.8. The van der Waals surface area contributed by atoms with E-state index in [2.05, 4.69) is 5.32 Å². The van der Waals surface area contributed by atoms with Crippen LogP contribution >= 0.6 is 0 Å². The molecule has 0 unspecified atom stereocenters. The maximum absolute atomic E-state index is 13.8. The first-order chi connectivity index (χ1) is 14.3. The number of aromatic nitrogens is 1. The van der Waals surface area contributed by atoms with Gasteiger partial charge in [0.15, 0.2) is 11.4 Å². The van der Waals surface area contributed by atoms with Crippen LogP contribution in [-0.2, 0) is 17.8 Å². The Kier molecular flexibility index (Phi) is 5.02. The van der Waals surface area contributed by atoms with E-state index >= 15 is 0 Å². The number of pyridine rings is 1. The number of carbonyl (C=O) groups is 2. The second kappa shape index (κ2) is 7.52. The number of rotatable bonds is 3. The van der Waals surface area contributed by atoms with E-state index in [4.69, 9.17) is 4.74 Å². The van der Waals surface area contributed by atoms with Crippen molar-refractivity contribution in [2.75, 3.05) is 13.2 Å². The molecule has 2 N–H and O–H groups in total. The van der Waals surface area contributed by atoms with Gasteiger partial charge in [-0.3, -0.25) is 14.4 Å². The molecule has 158 valence electrons. The van der Waals surface area contributed by atoms with Gasteiger partial charge in [0.1, 0.15) is 17.2 Å². The third-order valence-electron chi connectivity index (χ3n) is 5.32. The fourth-order valence-electron chi connectivity index (χ4n) is 3.68. The highest BCUT2D eigenvalue weighted by molar-refractivity contribution is 5.99. The number of fused-ring (bicyclic) bond motifs is 3. The number of hydrogen-bond acceptors (Lipinski definition) is 5. The fourth-order valence-corrected chi connectivity index (χ4v) is 3.68. The van der Waals surface area contributed by atoms with Crippen molar-refractivity contribution < 1.29 is 28.2 Å². The zero-order chi connectivity index (χ0) is 21.6. The summed E-state index contributed by atoms with van der Waals surface area (Å²) < 4.78 is 33.8. The quantitative estimate of drug-likeness (QED) is 0.773. The zero-order valence-corrected chi connectivity index (χ0v) is 16.0. The third-order valence-corrected chi connectivity index (χ3v) is 5.32. The molecule has 2 aromatic rings. The Labute approximate surface area is 169 Å². The first-order valence-corrected chi connectivity index (χ1v) is 9.37. The van der Waals surface area contributed by atoms with E-state index in [-0.39, 0.29) is 36.5 Å². The molecule has 0 radical (unpaired) electrons. The molecule has 2 aliphatic rings. The lowest BCUT2D eigenvalue weighted by Crippen LogP contribution is -2.50. The highest BCUT2D eigenvalue weighted by Crippen LogP contribution is 2.25. The largest absolute Gasteiger partial charge is 0.503 e. The van der Waals surface area contributed by atoms with E-state index in [0.29, 0.717) is 19.2 Å². The van der Waals surface area contributed by atoms with Gasteiger partial charge in [-0.05, 0) is 13.0 Å². The van der Waals surface area contributed by atoms with Crippen molar-refractivity contribution in [2.45, 2.75) is 32.2 Å². The van der Waals surface area contributed by atoms with Gasteiger partial charge in [0.25, 0.3) is 11.8 Å². The topological polar surface area (TPSA) is 101 Å². The van der Waals surface area contributed by atoms with Crippen molar-refractivity contribution >= 4 is 11.8 Å². The lowest BCUT2D eigenvalue weighted by atomic mass is 10.1. The molecule has 8 nitrogen and oxygen atoms in total. The Balaban J connectivity index is 1.65. The number of halogens is 2. The molecule has 1 aromatic heterocycles. The van der Waals surface area contributed by atoms with Crippen LogP contribution in [0.25, 0.3) is 0 Å². The molecule has 3 heterocycles. The number of aromatic hydroxyl groups is 1. The Bertz CT molecular complexity index is 1100. The summed E-state index contributed by atoms with van der Waals surface area (Å²) in [6, 6.07) is 2.69. The van der Waals surface area contributed by atoms with Gasteiger partial charge in [0.2, 0.25) is 5.43 Å². The van der Waals surface area contributed by atoms with Crippen LogP contribution in [0, 0.1) is 11.6 Å². The van der Waals surface area contributed by atoms with Crippen molar-refractivity contribution in [2.24, 2.45) is 0 Å². The maximum Gasteiger partial charge on any atom is 0.274 e. The number of benzene rings is 1. The minimum atomic E-state index is -1.00. The standard InChI is InChI=1S/C20H19F2N3O5/c1-10-9-30-13-6-24-8-14(17(26)18(27)16(24)20(29)25(10)7-13)19(28)23-5-11-2-3-12(21)4-15(11)22/h2-4,8,10,13,27H,5-7,9H2,1H3,(H,23,28)/t10-,13+/m0/s1. The van der Waals surface area contributed by atoms with E-state index in [9.17, 15) is 28.3 Å². The molecule has 2 atom stereocenters. The second-order valence-electron chi connectivity index (χ2n) is 7.40. The summed E-state index contributed by atoms with van der Waals surface area (Å²) in [6.45, 7) is 2.32. The number of nitrogens with zero attached hydrogens (tertiary/aromatic N) is 2. The van der Waals surface area contributed by atoms with Crippen molar-refractivity contribution in [3.63, 3.8) is 0 Å². The van der Waals surface area contributed by atoms with E-state index in [1.807, 2.05) is 0 Å². The molecule has 1 fully saturated rings. The van der Waals surface area contributed by atoms with Gasteiger partial charge in [-0.15, -0.1) is 0 Å². The van der Waals surface area contributed by atoms with Gasteiger partial charge in [-0.25, -0.2) is 8.78 Å². The average Bonchev–Trinajstić information content (AvgIpc) is 2.81. The molecule has 2 amide bonds. The lowest BCUT2D eigenvalue weighted by molar-refractivity contribution is -0.0480. The molecule has 0 saturated carbocycles. The molecule has 0 spiro atoms. The summed E-state index contributed by atoms with van der Waals surface area (Å²) >= 11 is 0. The number of carbonyl (C=O) groups excluding carboxylic acids is 2. The average molecular weight is 419 g/mol. The molecular weight excluding hydrogens is 400 g/mol. The predicted octanol–water partition coefficient (Wildman–Crippen LogP) is 1.01. The van der Waals surface area contributed by atoms with E-state index in [0.717, 1.165) is 6.07 Å². The normalized spacial score (nSPS) is 20.5. The molecule has 4 rings (SSSR count). The molecule has 10 heteroatoms. The van der Waals surface area contributed by atoms with Gasteiger partial charge in [0, 0.05) is 30.9 Å². The summed E-state index contributed by atoms with van der Waals surface area (Å²) in [7, 11) is 0. The zero-order valence-electron chi connectivity index (χ0n) is 16.0. The first-order valence-electron chi connectivity index (χ1n) is 9.37. The number of amides is 2. The van der Waals surface area contributed by atoms with Crippen LogP contribution in [0.4, 0.5) is 8.78 Å². The highest BCUT2D eigenvalue weighted by Gasteiger charge is 2.37. The second-order valence-corrected chi connectivity index (χ2v) is 7.40. The summed E-state index contributed by atoms with van der Waals surface area (Å²) in [6.07, 6.45) is 0.846. The Morgan fingerprint density at radius 3 is 2.80 bits per heavy atom. The van der Waals surface area contributed by atoms with Gasteiger partial charge in [0.05, 0.1) is 25.3 Å². The van der Waals surface area contributed by atoms with E-state index < -0.39 is 40.2 Å². The number of morpholine rings is 1. The fraction of sp³-hybridized carbons (Fsp3) is 0.350. The van der Waals surface area contributed by atoms with Crippen molar-refractivity contribution in [3.8, 4) is 5.75 Å². The molecule has 2 bridgehead atoms. The monoisotopic (exact) mass is 419 g/mol. The third kappa shape index (κ3) is 3.43. The minimum Gasteiger partial charge on any atom is -0.503 e. The highest BCUT2D eigenvalue weighted by atomic mass is 19.1. The Morgan fingerprint density at radius 2 is 2.07 bits per heavy atom. The number of ether oxygens (including phenoxy) is 1. The Hall–Kier alpha value is -3.27. The summed E-state index contributed by atoms with van der Waals surface area (Å²) in [4.78, 5) is 39.5. The number of hydrogen-bond donors (Lipinski definition) is 2. The first kappa shape index (κ1) is 20.0. The van der Waals surface area contributed by atoms with Crippen LogP contribution in [0.5, 0.6) is 5.75 Å². The number of nitrogens with one attached hydrogen (secondary N) is 1. The summed E-state index contributed by atoms with van der Waals surface area (Å²) in [5.41, 5.74) is -1.56. The molecule has 30 heavy (non-hydrogen) atoms. The maximum atomic E-state index is 13.8. The smallest absolute Gasteiger partial charge is 0.274 e. The van der Waals surface area contributed by atoms with Crippen LogP contribution in [0.1, 0.15) is 33.3 Å². The van der Waals surface area contributed by atoms with Gasteiger partial charge in [-0.2, -0.15) is 0 Å². The summed E-state index contributed by atoms with van der Waals surface area (Å²) in [5.74, 6) is -3.78. The van der Waals surface area contributed by atoms with Crippen LogP contribution < -0.4 is 10.7 Å². The van der Waals surface area contributed by atoms with Crippen LogP contribution in [0.3, 0.4) is 0 Å². The van der Waals surface area contributed by atoms with Crippen LogP contribution in [-0.4, -0.2) is 51.7 Å². The van der Waals surface area contributed by atoms with Crippen molar-refractivity contribution in [3.05, 3.63) is 63.1 Å². The molecule has 0 aliphatic carbocycles. The van der Waals surface area contributed by atoms with E-state index in [1.165, 1.54) is 21.7 Å². The van der Waals surface area contributed by atoms with Gasteiger partial charge >= 0.3 is 0 Å². The van der Waals surface area contributed by atoms with Gasteiger partial charge in [-0.1, -0.05) is 6.07 Å². The minimum absolute atomic E-state index is 0.0306. The van der Waals surface area contributed by atoms with Crippen molar-refractivity contribution in [1.82, 2.24) is 14.8 Å². The lowest BCUT2D eigenvalue weighted by Gasteiger charge is -2.35. The van der Waals surface area contributed by atoms with Crippen molar-refractivity contribution in [1.29, 1.82) is 0 Å². The molecule has 1 saturated heterocycles. The molecule has 1 aromatic carbocycles. The molecule has 2 aliphatic heterocycles. The SMILES string of the molecule is C[C@H]1CO[C@H]2CN1C(=O)c1c(O)c(=O)c(C(=O)NCc3ccc(F)cc3F)cn1C2.